The first-order valence-electron chi connectivity index (χ1n) is 10.8. The number of rotatable bonds is 13. The number of carbonyl (C=O) groups excluding carboxylic acids is 2. The molecule has 0 aliphatic rings. The topological polar surface area (TPSA) is 123 Å². The average molecular weight is 503 g/mol. The van der Waals surface area contributed by atoms with Crippen molar-refractivity contribution in [3.63, 3.8) is 0 Å². The van der Waals surface area contributed by atoms with Crippen LogP contribution in [-0.4, -0.2) is 58.2 Å². The Morgan fingerprint density at radius 3 is 1.38 bits per heavy atom. The summed E-state index contributed by atoms with van der Waals surface area (Å²) in [5, 5.41) is 30.1. The van der Waals surface area contributed by atoms with Crippen LogP contribution in [0.3, 0.4) is 0 Å². The van der Waals surface area contributed by atoms with Gasteiger partial charge in [0, 0.05) is 37.4 Å². The molecule has 0 bridgehead atoms. The number of carbonyl (C=O) groups is 2. The van der Waals surface area contributed by atoms with Crippen molar-refractivity contribution in [3.8, 4) is 0 Å². The van der Waals surface area contributed by atoms with Gasteiger partial charge in [0.2, 0.25) is 0 Å². The largest absolute Gasteiger partial charge is 0.410 e. The van der Waals surface area contributed by atoms with Crippen LogP contribution in [0.5, 0.6) is 0 Å². The van der Waals surface area contributed by atoms with Gasteiger partial charge in [-0.15, -0.1) is 0 Å². The molecule has 0 spiro atoms. The predicted molar refractivity (Wildman–Crippen MR) is 139 cm³/mol. The Balaban J connectivity index is 1.58. The Labute approximate surface area is 207 Å². The first-order chi connectivity index (χ1) is 16.4. The van der Waals surface area contributed by atoms with Crippen LogP contribution in [0.15, 0.2) is 58.8 Å². The SMILES string of the molecule is Cc1ccc(C/C(=N/O)C(=O)NCCSSCCNC(=O)/C(Cc2ccc(C)cc2)=N/O)cc1. The fourth-order valence-corrected chi connectivity index (χ4v) is 4.67. The summed E-state index contributed by atoms with van der Waals surface area (Å²) in [6.45, 7) is 4.81. The minimum absolute atomic E-state index is 0.0659. The molecule has 0 atom stereocenters. The fraction of sp³-hybridized carbons (Fsp3) is 0.333. The van der Waals surface area contributed by atoms with Crippen LogP contribution >= 0.6 is 21.6 Å². The van der Waals surface area contributed by atoms with Crippen LogP contribution in [0.25, 0.3) is 0 Å². The number of aryl methyl sites for hydroxylation is 2. The molecule has 0 radical (unpaired) electrons. The molecule has 0 unspecified atom stereocenters. The number of nitrogens with zero attached hydrogens (tertiary/aromatic N) is 2. The van der Waals surface area contributed by atoms with E-state index in [1.807, 2.05) is 62.4 Å². The van der Waals surface area contributed by atoms with Gasteiger partial charge in [-0.25, -0.2) is 0 Å². The number of benzene rings is 2. The normalized spacial score (nSPS) is 11.8. The van der Waals surface area contributed by atoms with Crippen LogP contribution in [-0.2, 0) is 22.4 Å². The van der Waals surface area contributed by atoms with Crippen molar-refractivity contribution in [1.82, 2.24) is 10.6 Å². The third kappa shape index (κ3) is 9.88. The number of nitrogens with one attached hydrogen (secondary N) is 2. The zero-order valence-corrected chi connectivity index (χ0v) is 20.9. The lowest BCUT2D eigenvalue weighted by Crippen LogP contribution is -2.34. The minimum atomic E-state index is -0.398. The van der Waals surface area contributed by atoms with Crippen molar-refractivity contribution >= 4 is 44.8 Å². The second kappa shape index (κ2) is 15.0. The quantitative estimate of drug-likeness (QED) is 0.109. The molecule has 0 saturated carbocycles. The zero-order chi connectivity index (χ0) is 24.8. The monoisotopic (exact) mass is 502 g/mol. The van der Waals surface area contributed by atoms with Gasteiger partial charge < -0.3 is 21.0 Å². The molecule has 4 N–H and O–H groups in total. The highest BCUT2D eigenvalue weighted by Gasteiger charge is 2.14. The molecular formula is C24H30N4O4S2. The van der Waals surface area contributed by atoms with Gasteiger partial charge in [0.15, 0.2) is 0 Å². The molecule has 8 nitrogen and oxygen atoms in total. The molecule has 2 aromatic carbocycles. The Hall–Kier alpha value is -2.98. The highest BCUT2D eigenvalue weighted by atomic mass is 33.1. The zero-order valence-electron chi connectivity index (χ0n) is 19.3. The molecule has 182 valence electrons. The molecule has 0 aromatic heterocycles. The number of amides is 2. The predicted octanol–water partition coefficient (Wildman–Crippen LogP) is 3.36. The molecule has 0 fully saturated rings. The van der Waals surface area contributed by atoms with E-state index in [4.69, 9.17) is 10.4 Å². The number of hydrogen-bond acceptors (Lipinski definition) is 8. The van der Waals surface area contributed by atoms with Crippen molar-refractivity contribution in [2.24, 2.45) is 10.3 Å². The van der Waals surface area contributed by atoms with Gasteiger partial charge in [-0.05, 0) is 25.0 Å². The van der Waals surface area contributed by atoms with Crippen molar-refractivity contribution < 1.29 is 20.0 Å². The van der Waals surface area contributed by atoms with Crippen LogP contribution in [0, 0.1) is 13.8 Å². The van der Waals surface area contributed by atoms with Gasteiger partial charge in [0.05, 0.1) is 0 Å². The van der Waals surface area contributed by atoms with Gasteiger partial charge in [0.1, 0.15) is 11.4 Å². The molecule has 2 aromatic rings. The van der Waals surface area contributed by atoms with Crippen LogP contribution < -0.4 is 10.6 Å². The van der Waals surface area contributed by atoms with Gasteiger partial charge in [0.25, 0.3) is 11.8 Å². The third-order valence-electron chi connectivity index (χ3n) is 4.78. The summed E-state index contributed by atoms with van der Waals surface area (Å²) in [7, 11) is 3.12. The van der Waals surface area contributed by atoms with Crippen molar-refractivity contribution in [1.29, 1.82) is 0 Å². The lowest BCUT2D eigenvalue weighted by molar-refractivity contribution is -0.115. The van der Waals surface area contributed by atoms with Gasteiger partial charge in [-0.1, -0.05) is 91.6 Å². The maximum atomic E-state index is 12.2. The standard InChI is InChI=1S/C24H30N4O4S2/c1-17-3-7-19(8-4-17)15-21(27-31)23(29)25-11-13-33-34-14-12-26-24(30)22(28-32)16-20-9-5-18(2)6-10-20/h3-10,31-32H,11-16H2,1-2H3,(H,25,29)(H,26,30)/b27-21-,28-22+. The lowest BCUT2D eigenvalue weighted by Gasteiger charge is -2.08. The minimum Gasteiger partial charge on any atom is -0.410 e. The maximum Gasteiger partial charge on any atom is 0.269 e. The molecule has 0 aliphatic carbocycles. The first-order valence-corrected chi connectivity index (χ1v) is 13.3. The molecule has 0 aliphatic heterocycles. The van der Waals surface area contributed by atoms with E-state index in [2.05, 4.69) is 20.9 Å². The lowest BCUT2D eigenvalue weighted by atomic mass is 10.1. The third-order valence-corrected chi connectivity index (χ3v) is 7.18. The molecule has 2 rings (SSSR count). The van der Waals surface area contributed by atoms with E-state index in [0.717, 1.165) is 22.3 Å². The summed E-state index contributed by atoms with van der Waals surface area (Å²) in [5.41, 5.74) is 4.16. The maximum absolute atomic E-state index is 12.2. The van der Waals surface area contributed by atoms with E-state index in [0.29, 0.717) is 24.6 Å². The number of oxime groups is 2. The molecule has 34 heavy (non-hydrogen) atoms. The van der Waals surface area contributed by atoms with E-state index < -0.39 is 11.8 Å². The second-order valence-corrected chi connectivity index (χ2v) is 10.3. The Kier molecular flexibility index (Phi) is 12.0. The smallest absolute Gasteiger partial charge is 0.269 e. The first kappa shape index (κ1) is 27.3. The van der Waals surface area contributed by atoms with Crippen molar-refractivity contribution in [3.05, 3.63) is 70.8 Å². The summed E-state index contributed by atoms with van der Waals surface area (Å²) < 4.78 is 0. The van der Waals surface area contributed by atoms with Crippen LogP contribution in [0.1, 0.15) is 22.3 Å². The fourth-order valence-electron chi connectivity index (χ4n) is 2.86. The van der Waals surface area contributed by atoms with Crippen LogP contribution in [0.2, 0.25) is 0 Å². The van der Waals surface area contributed by atoms with Gasteiger partial charge in [-0.3, -0.25) is 9.59 Å². The Morgan fingerprint density at radius 1 is 0.706 bits per heavy atom. The number of hydrogen-bond donors (Lipinski definition) is 4. The van der Waals surface area contributed by atoms with Gasteiger partial charge in [-0.2, -0.15) is 0 Å². The Morgan fingerprint density at radius 2 is 1.06 bits per heavy atom. The van der Waals surface area contributed by atoms with E-state index in [-0.39, 0.29) is 24.3 Å². The van der Waals surface area contributed by atoms with E-state index in [1.165, 1.54) is 0 Å². The van der Waals surface area contributed by atoms with E-state index in [9.17, 15) is 9.59 Å². The summed E-state index contributed by atoms with van der Waals surface area (Å²) in [6.07, 6.45) is 0.514. The average Bonchev–Trinajstić information content (AvgIpc) is 2.84. The van der Waals surface area contributed by atoms with Crippen molar-refractivity contribution in [2.75, 3.05) is 24.6 Å². The molecule has 10 heteroatoms. The summed E-state index contributed by atoms with van der Waals surface area (Å²) in [5.74, 6) is 0.519. The molecule has 0 heterocycles. The highest BCUT2D eigenvalue weighted by molar-refractivity contribution is 8.76. The molecule has 0 saturated heterocycles. The van der Waals surface area contributed by atoms with E-state index >= 15 is 0 Å². The summed E-state index contributed by atoms with van der Waals surface area (Å²) in [4.78, 5) is 24.4. The van der Waals surface area contributed by atoms with Crippen LogP contribution in [0.4, 0.5) is 0 Å². The van der Waals surface area contributed by atoms with Gasteiger partial charge >= 0.3 is 0 Å². The summed E-state index contributed by atoms with van der Waals surface area (Å²) >= 11 is 0. The molecule has 2 amide bonds. The summed E-state index contributed by atoms with van der Waals surface area (Å²) in [6, 6.07) is 15.4. The molecular weight excluding hydrogens is 472 g/mol. The second-order valence-electron chi connectivity index (χ2n) is 7.57. The van der Waals surface area contributed by atoms with E-state index in [1.54, 1.807) is 21.6 Å². The highest BCUT2D eigenvalue weighted by Crippen LogP contribution is 2.19. The Bertz CT molecular complexity index is 912. The van der Waals surface area contributed by atoms with Crippen molar-refractivity contribution in [2.45, 2.75) is 26.7 Å².